The maximum absolute atomic E-state index is 12.9. The van der Waals surface area contributed by atoms with Crippen LogP contribution in [0.2, 0.25) is 0 Å². The van der Waals surface area contributed by atoms with E-state index in [4.69, 9.17) is 0 Å². The van der Waals surface area contributed by atoms with Gasteiger partial charge in [-0.25, -0.2) is 8.42 Å². The highest BCUT2D eigenvalue weighted by atomic mass is 32.2. The summed E-state index contributed by atoms with van der Waals surface area (Å²) in [5.41, 5.74) is 3.21. The molecule has 0 N–H and O–H groups in total. The lowest BCUT2D eigenvalue weighted by molar-refractivity contribution is -0.120. The minimum Gasteiger partial charge on any atom is -0.308 e. The Morgan fingerprint density at radius 2 is 1.61 bits per heavy atom. The standard InChI is InChI=1S/C21H22N2O4S/c1-13-12-22(21(25)16-3-4-16)20-11-17(7-10-19(20)23(13)14(2)24)15-5-8-18(9-6-15)28(26)27/h5-11,13,16,28H,3-4,12H2,1-2H3/t13-/m0/s1. The molecule has 0 unspecified atom stereocenters. The molecule has 1 fully saturated rings. The van der Waals surface area contributed by atoms with E-state index in [0.717, 1.165) is 35.3 Å². The minimum absolute atomic E-state index is 0.0522. The van der Waals surface area contributed by atoms with E-state index >= 15 is 0 Å². The summed E-state index contributed by atoms with van der Waals surface area (Å²) in [6.45, 7) is 3.96. The summed E-state index contributed by atoms with van der Waals surface area (Å²) in [6, 6.07) is 12.2. The van der Waals surface area contributed by atoms with Crippen LogP contribution in [0.3, 0.4) is 0 Å². The number of amides is 2. The van der Waals surface area contributed by atoms with Crippen molar-refractivity contribution < 1.29 is 18.0 Å². The molecule has 0 aromatic heterocycles. The van der Waals surface area contributed by atoms with Gasteiger partial charge in [0.05, 0.1) is 22.3 Å². The number of carbonyl (C=O) groups is 2. The van der Waals surface area contributed by atoms with Crippen molar-refractivity contribution in [1.29, 1.82) is 0 Å². The average molecular weight is 398 g/mol. The molecule has 0 saturated heterocycles. The van der Waals surface area contributed by atoms with Crippen molar-refractivity contribution in [3.8, 4) is 11.1 Å². The number of benzene rings is 2. The summed E-state index contributed by atoms with van der Waals surface area (Å²) in [5, 5.41) is 0. The summed E-state index contributed by atoms with van der Waals surface area (Å²) >= 11 is 0. The van der Waals surface area contributed by atoms with Gasteiger partial charge in [0.25, 0.3) is 0 Å². The van der Waals surface area contributed by atoms with Gasteiger partial charge in [-0.3, -0.25) is 9.59 Å². The Kier molecular flexibility index (Phi) is 4.71. The van der Waals surface area contributed by atoms with Crippen LogP contribution in [-0.4, -0.2) is 32.8 Å². The molecule has 1 heterocycles. The Bertz CT molecular complexity index is 1020. The lowest BCUT2D eigenvalue weighted by atomic mass is 10.00. The van der Waals surface area contributed by atoms with Gasteiger partial charge < -0.3 is 9.80 Å². The Balaban J connectivity index is 1.79. The van der Waals surface area contributed by atoms with E-state index in [-0.39, 0.29) is 28.7 Å². The molecule has 6 nitrogen and oxygen atoms in total. The second-order valence-electron chi connectivity index (χ2n) is 7.47. The molecule has 2 aromatic carbocycles. The number of thiol groups is 1. The molecule has 7 heteroatoms. The van der Waals surface area contributed by atoms with Crippen LogP contribution < -0.4 is 9.80 Å². The number of nitrogens with zero attached hydrogens (tertiary/aromatic N) is 2. The van der Waals surface area contributed by atoms with Crippen molar-refractivity contribution in [2.45, 2.75) is 37.6 Å². The zero-order chi connectivity index (χ0) is 20.0. The largest absolute Gasteiger partial charge is 0.308 e. The molecular formula is C21H22N2O4S. The molecule has 2 aliphatic rings. The fourth-order valence-electron chi connectivity index (χ4n) is 3.82. The van der Waals surface area contributed by atoms with Crippen molar-refractivity contribution >= 4 is 33.9 Å². The quantitative estimate of drug-likeness (QED) is 0.807. The van der Waals surface area contributed by atoms with Gasteiger partial charge in [0.2, 0.25) is 11.8 Å². The third kappa shape index (κ3) is 3.30. The minimum atomic E-state index is -2.62. The molecule has 2 amide bonds. The lowest BCUT2D eigenvalue weighted by Crippen LogP contribution is -2.51. The molecule has 0 bridgehead atoms. The summed E-state index contributed by atoms with van der Waals surface area (Å²) in [4.78, 5) is 28.9. The monoisotopic (exact) mass is 398 g/mol. The highest BCUT2D eigenvalue weighted by Gasteiger charge is 2.39. The average Bonchev–Trinajstić information content (AvgIpc) is 3.51. The van der Waals surface area contributed by atoms with Crippen molar-refractivity contribution in [3.05, 3.63) is 42.5 Å². The number of hydrogen-bond acceptors (Lipinski definition) is 4. The summed E-state index contributed by atoms with van der Waals surface area (Å²) in [6.07, 6.45) is 1.84. The van der Waals surface area contributed by atoms with Crippen molar-refractivity contribution in [2.75, 3.05) is 16.3 Å². The molecular weight excluding hydrogens is 376 g/mol. The molecule has 1 aliphatic carbocycles. The lowest BCUT2D eigenvalue weighted by Gasteiger charge is -2.41. The third-order valence-electron chi connectivity index (χ3n) is 5.36. The summed E-state index contributed by atoms with van der Waals surface area (Å²) < 4.78 is 22.2. The van der Waals surface area contributed by atoms with Gasteiger partial charge in [-0.1, -0.05) is 18.2 Å². The normalized spacial score (nSPS) is 18.9. The second kappa shape index (κ2) is 7.05. The molecule has 28 heavy (non-hydrogen) atoms. The van der Waals surface area contributed by atoms with Gasteiger partial charge in [0.15, 0.2) is 10.7 Å². The van der Waals surface area contributed by atoms with E-state index in [9.17, 15) is 18.0 Å². The predicted molar refractivity (Wildman–Crippen MR) is 108 cm³/mol. The fraction of sp³-hybridized carbons (Fsp3) is 0.333. The number of fused-ring (bicyclic) bond motifs is 1. The predicted octanol–water partition coefficient (Wildman–Crippen LogP) is 2.82. The van der Waals surface area contributed by atoms with Crippen LogP contribution in [0.25, 0.3) is 11.1 Å². The first-order valence-electron chi connectivity index (χ1n) is 9.37. The maximum Gasteiger partial charge on any atom is 0.230 e. The van der Waals surface area contributed by atoms with Gasteiger partial charge in [0.1, 0.15) is 0 Å². The van der Waals surface area contributed by atoms with Crippen LogP contribution in [0.4, 0.5) is 11.4 Å². The Morgan fingerprint density at radius 1 is 0.964 bits per heavy atom. The van der Waals surface area contributed by atoms with Gasteiger partial charge in [-0.05, 0) is 55.2 Å². The Hall–Kier alpha value is -2.67. The van der Waals surface area contributed by atoms with Crippen LogP contribution in [0.1, 0.15) is 26.7 Å². The number of rotatable bonds is 3. The molecule has 0 radical (unpaired) electrons. The van der Waals surface area contributed by atoms with Crippen LogP contribution >= 0.6 is 0 Å². The molecule has 1 saturated carbocycles. The Labute approximate surface area is 165 Å². The van der Waals surface area contributed by atoms with Gasteiger partial charge in [-0.2, -0.15) is 0 Å². The first kappa shape index (κ1) is 18.7. The zero-order valence-corrected chi connectivity index (χ0v) is 16.7. The molecule has 146 valence electrons. The number of hydrogen-bond donors (Lipinski definition) is 1. The third-order valence-corrected chi connectivity index (χ3v) is 6.08. The SMILES string of the molecule is CC(=O)N1c2ccc(-c3ccc([SH](=O)=O)cc3)cc2N(C(=O)C2CC2)C[C@@H]1C. The Morgan fingerprint density at radius 3 is 2.18 bits per heavy atom. The molecule has 1 aliphatic heterocycles. The van der Waals surface area contributed by atoms with Crippen LogP contribution in [0, 0.1) is 5.92 Å². The van der Waals surface area contributed by atoms with Crippen LogP contribution in [-0.2, 0) is 20.3 Å². The second-order valence-corrected chi connectivity index (χ2v) is 8.50. The van der Waals surface area contributed by atoms with Gasteiger partial charge in [0, 0.05) is 19.4 Å². The first-order valence-corrected chi connectivity index (χ1v) is 10.5. The topological polar surface area (TPSA) is 74.8 Å². The van der Waals surface area contributed by atoms with Crippen LogP contribution in [0.15, 0.2) is 47.4 Å². The smallest absolute Gasteiger partial charge is 0.230 e. The highest BCUT2D eigenvalue weighted by molar-refractivity contribution is 7.72. The zero-order valence-electron chi connectivity index (χ0n) is 15.8. The van der Waals surface area contributed by atoms with E-state index in [1.807, 2.05) is 30.0 Å². The molecule has 2 aromatic rings. The van der Waals surface area contributed by atoms with Crippen molar-refractivity contribution in [3.63, 3.8) is 0 Å². The van der Waals surface area contributed by atoms with E-state index in [2.05, 4.69) is 0 Å². The van der Waals surface area contributed by atoms with E-state index in [1.54, 1.807) is 29.2 Å². The van der Waals surface area contributed by atoms with E-state index < -0.39 is 10.7 Å². The van der Waals surface area contributed by atoms with Crippen molar-refractivity contribution in [1.82, 2.24) is 0 Å². The first-order chi connectivity index (χ1) is 13.4. The van der Waals surface area contributed by atoms with E-state index in [1.165, 1.54) is 6.92 Å². The van der Waals surface area contributed by atoms with Gasteiger partial charge in [-0.15, -0.1) is 0 Å². The number of carbonyl (C=O) groups excluding carboxylic acids is 2. The molecule has 0 spiro atoms. The highest BCUT2D eigenvalue weighted by Crippen LogP contribution is 2.42. The number of anilines is 2. The summed E-state index contributed by atoms with van der Waals surface area (Å²) in [5.74, 6) is 0.149. The summed E-state index contributed by atoms with van der Waals surface area (Å²) in [7, 11) is -2.62. The van der Waals surface area contributed by atoms with Gasteiger partial charge >= 0.3 is 0 Å². The van der Waals surface area contributed by atoms with Crippen LogP contribution in [0.5, 0.6) is 0 Å². The van der Waals surface area contributed by atoms with Crippen molar-refractivity contribution in [2.24, 2.45) is 5.92 Å². The molecule has 4 rings (SSSR count). The fourth-order valence-corrected chi connectivity index (χ4v) is 4.21. The maximum atomic E-state index is 12.9. The molecule has 1 atom stereocenters. The van der Waals surface area contributed by atoms with E-state index in [0.29, 0.717) is 6.54 Å².